The van der Waals surface area contributed by atoms with Gasteiger partial charge in [0.25, 0.3) is 5.91 Å². The molecule has 0 bridgehead atoms. The van der Waals surface area contributed by atoms with Crippen molar-refractivity contribution in [2.24, 2.45) is 0 Å². The number of likely N-dealkylation sites (tertiary alicyclic amines) is 1. The number of hydrogen-bond donors (Lipinski definition) is 0. The predicted octanol–water partition coefficient (Wildman–Crippen LogP) is 1.17. The van der Waals surface area contributed by atoms with Crippen LogP contribution in [0.5, 0.6) is 0 Å². The van der Waals surface area contributed by atoms with Crippen molar-refractivity contribution in [2.45, 2.75) is 25.7 Å². The number of amides is 1. The molecule has 1 fully saturated rings. The Morgan fingerprint density at radius 2 is 2.16 bits per heavy atom. The lowest BCUT2D eigenvalue weighted by Gasteiger charge is -2.33. The summed E-state index contributed by atoms with van der Waals surface area (Å²) in [5.41, 5.74) is 1.14. The average Bonchev–Trinajstić information content (AvgIpc) is 2.53. The molecule has 0 unspecified atom stereocenters. The lowest BCUT2D eigenvalue weighted by Crippen LogP contribution is -2.51. The smallest absolute Gasteiger partial charge is 0.276 e. The lowest BCUT2D eigenvalue weighted by atomic mass is 10.1. The van der Waals surface area contributed by atoms with E-state index in [0.717, 1.165) is 25.2 Å². The topological polar surface area (TPSA) is 41.4 Å². The highest BCUT2D eigenvalue weighted by Crippen LogP contribution is 2.27. The first-order valence-corrected chi connectivity index (χ1v) is 6.81. The van der Waals surface area contributed by atoms with Crippen LogP contribution in [-0.4, -0.2) is 58.3 Å². The zero-order valence-corrected chi connectivity index (χ0v) is 11.5. The molecule has 7 heteroatoms. The van der Waals surface area contributed by atoms with Crippen LogP contribution in [0, 0.1) is 0 Å². The van der Waals surface area contributed by atoms with Crippen molar-refractivity contribution in [3.8, 4) is 0 Å². The number of fused-ring (bicyclic) bond motifs is 1. The Bertz CT molecular complexity index is 512. The van der Waals surface area contributed by atoms with E-state index in [1.807, 2.05) is 11.7 Å². The van der Waals surface area contributed by atoms with Crippen molar-refractivity contribution in [2.75, 3.05) is 26.7 Å². The maximum Gasteiger partial charge on any atom is 0.276 e. The van der Waals surface area contributed by atoms with Gasteiger partial charge < -0.3 is 9.80 Å². The number of halogens is 2. The predicted molar refractivity (Wildman–Crippen MR) is 69.0 cm³/mol. The minimum atomic E-state index is -0.908. The lowest BCUT2D eigenvalue weighted by molar-refractivity contribution is 0.0394. The Kier molecular flexibility index (Phi) is 3.22. The van der Waals surface area contributed by atoms with E-state index < -0.39 is 6.17 Å². The van der Waals surface area contributed by atoms with Gasteiger partial charge in [-0.05, 0) is 13.5 Å². The molecule has 0 aliphatic carbocycles. The van der Waals surface area contributed by atoms with E-state index >= 15 is 0 Å². The standard InChI is InChI=1S/C12H16ClFN4O/c1-16-3-2-4-18-9(7-16)10(13)11(15-18)12(19)17-5-8(14)6-17/h8H,2-7H2,1H3. The monoisotopic (exact) mass is 286 g/mol. The van der Waals surface area contributed by atoms with Gasteiger partial charge in [-0.2, -0.15) is 5.10 Å². The van der Waals surface area contributed by atoms with Crippen LogP contribution in [0.1, 0.15) is 22.6 Å². The minimum Gasteiger partial charge on any atom is -0.331 e. The number of nitrogens with zero attached hydrogens (tertiary/aromatic N) is 4. The number of carbonyl (C=O) groups excluding carboxylic acids is 1. The van der Waals surface area contributed by atoms with Crippen LogP contribution in [-0.2, 0) is 13.1 Å². The fourth-order valence-corrected chi connectivity index (χ4v) is 2.79. The highest BCUT2D eigenvalue weighted by atomic mass is 35.5. The maximum absolute atomic E-state index is 12.8. The van der Waals surface area contributed by atoms with Crippen LogP contribution < -0.4 is 0 Å². The quantitative estimate of drug-likeness (QED) is 0.778. The fraction of sp³-hybridized carbons (Fsp3) is 0.667. The molecule has 1 aromatic heterocycles. The second kappa shape index (κ2) is 4.76. The zero-order valence-electron chi connectivity index (χ0n) is 10.8. The molecule has 0 saturated carbocycles. The van der Waals surface area contributed by atoms with Crippen LogP contribution in [0.4, 0.5) is 4.39 Å². The molecular formula is C12H16ClFN4O. The first-order valence-electron chi connectivity index (χ1n) is 6.43. The maximum atomic E-state index is 12.8. The van der Waals surface area contributed by atoms with Crippen molar-refractivity contribution < 1.29 is 9.18 Å². The van der Waals surface area contributed by atoms with Crippen LogP contribution in [0.2, 0.25) is 5.02 Å². The molecule has 0 N–H and O–H groups in total. The Balaban J connectivity index is 1.87. The SMILES string of the molecule is CN1CCCn2nc(C(=O)N3CC(F)C3)c(Cl)c2C1. The van der Waals surface area contributed by atoms with Crippen LogP contribution in [0.15, 0.2) is 0 Å². The molecule has 0 atom stereocenters. The van der Waals surface area contributed by atoms with Gasteiger partial charge in [0.05, 0.1) is 23.8 Å². The highest BCUT2D eigenvalue weighted by Gasteiger charge is 2.34. The van der Waals surface area contributed by atoms with Gasteiger partial charge in [0.2, 0.25) is 0 Å². The molecule has 19 heavy (non-hydrogen) atoms. The largest absolute Gasteiger partial charge is 0.331 e. The van der Waals surface area contributed by atoms with Gasteiger partial charge in [-0.3, -0.25) is 9.48 Å². The summed E-state index contributed by atoms with van der Waals surface area (Å²) in [4.78, 5) is 15.8. The normalized spacial score (nSPS) is 20.9. The highest BCUT2D eigenvalue weighted by molar-refractivity contribution is 6.34. The molecule has 0 spiro atoms. The van der Waals surface area contributed by atoms with Crippen molar-refractivity contribution in [3.63, 3.8) is 0 Å². The summed E-state index contributed by atoms with van der Waals surface area (Å²) < 4.78 is 14.6. The van der Waals surface area contributed by atoms with Gasteiger partial charge in [0.1, 0.15) is 6.17 Å². The summed E-state index contributed by atoms with van der Waals surface area (Å²) in [5, 5.41) is 4.73. The van der Waals surface area contributed by atoms with Gasteiger partial charge in [0, 0.05) is 19.6 Å². The molecule has 1 saturated heterocycles. The number of aromatic nitrogens is 2. The molecule has 2 aliphatic rings. The molecule has 0 aromatic carbocycles. The Hall–Kier alpha value is -1.14. The van der Waals surface area contributed by atoms with Gasteiger partial charge in [0.15, 0.2) is 5.69 Å². The van der Waals surface area contributed by atoms with E-state index in [9.17, 15) is 9.18 Å². The van der Waals surface area contributed by atoms with E-state index in [2.05, 4.69) is 10.00 Å². The Labute approximate surface area is 115 Å². The number of carbonyl (C=O) groups is 1. The van der Waals surface area contributed by atoms with E-state index in [0.29, 0.717) is 11.6 Å². The van der Waals surface area contributed by atoms with Crippen LogP contribution >= 0.6 is 11.6 Å². The number of aryl methyl sites for hydroxylation is 1. The molecule has 1 amide bonds. The molecule has 1 aromatic rings. The number of hydrogen-bond acceptors (Lipinski definition) is 3. The van der Waals surface area contributed by atoms with Gasteiger partial charge in [-0.25, -0.2) is 4.39 Å². The summed E-state index contributed by atoms with van der Waals surface area (Å²) >= 11 is 6.29. The summed E-state index contributed by atoms with van der Waals surface area (Å²) in [6.45, 7) is 2.73. The summed E-state index contributed by atoms with van der Waals surface area (Å²) in [6, 6.07) is 0. The second-order valence-electron chi connectivity index (χ2n) is 5.23. The molecular weight excluding hydrogens is 271 g/mol. The first-order chi connectivity index (χ1) is 9.06. The van der Waals surface area contributed by atoms with E-state index in [1.165, 1.54) is 4.90 Å². The van der Waals surface area contributed by atoms with Gasteiger partial charge >= 0.3 is 0 Å². The molecule has 3 rings (SSSR count). The number of rotatable bonds is 1. The second-order valence-corrected chi connectivity index (χ2v) is 5.61. The summed E-state index contributed by atoms with van der Waals surface area (Å²) in [5.74, 6) is -0.262. The van der Waals surface area contributed by atoms with Crippen molar-refractivity contribution in [1.82, 2.24) is 19.6 Å². The molecule has 104 valence electrons. The van der Waals surface area contributed by atoms with Crippen molar-refractivity contribution >= 4 is 17.5 Å². The van der Waals surface area contributed by atoms with Crippen molar-refractivity contribution in [3.05, 3.63) is 16.4 Å². The van der Waals surface area contributed by atoms with Gasteiger partial charge in [-0.1, -0.05) is 11.6 Å². The minimum absolute atomic E-state index is 0.150. The summed E-state index contributed by atoms with van der Waals surface area (Å²) in [6.07, 6.45) is 0.0695. The third kappa shape index (κ3) is 2.23. The van der Waals surface area contributed by atoms with E-state index in [4.69, 9.17) is 11.6 Å². The average molecular weight is 287 g/mol. The van der Waals surface area contributed by atoms with E-state index in [-0.39, 0.29) is 24.7 Å². The third-order valence-electron chi connectivity index (χ3n) is 3.65. The van der Waals surface area contributed by atoms with Crippen molar-refractivity contribution in [1.29, 1.82) is 0 Å². The third-order valence-corrected chi connectivity index (χ3v) is 4.05. The molecule has 5 nitrogen and oxygen atoms in total. The Morgan fingerprint density at radius 3 is 2.84 bits per heavy atom. The number of alkyl halides is 1. The zero-order chi connectivity index (χ0) is 13.6. The Morgan fingerprint density at radius 1 is 1.42 bits per heavy atom. The summed E-state index contributed by atoms with van der Waals surface area (Å²) in [7, 11) is 2.02. The fourth-order valence-electron chi connectivity index (χ4n) is 2.51. The van der Waals surface area contributed by atoms with E-state index in [1.54, 1.807) is 0 Å². The molecule has 3 heterocycles. The van der Waals surface area contributed by atoms with Crippen LogP contribution in [0.25, 0.3) is 0 Å². The molecule has 0 radical (unpaired) electrons. The molecule has 2 aliphatic heterocycles. The van der Waals surface area contributed by atoms with Gasteiger partial charge in [-0.15, -0.1) is 0 Å². The first kappa shape index (κ1) is 12.9. The van der Waals surface area contributed by atoms with Crippen LogP contribution in [0.3, 0.4) is 0 Å².